The number of aliphatic imine (C=N–C) groups is 1. The van der Waals surface area contributed by atoms with Crippen molar-refractivity contribution in [1.82, 2.24) is 0 Å². The number of hydrogen-bond donors (Lipinski definition) is 0. The summed E-state index contributed by atoms with van der Waals surface area (Å²) in [6.07, 6.45) is 3.54. The molecule has 15 heavy (non-hydrogen) atoms. The molecule has 0 fully saturated rings. The van der Waals surface area contributed by atoms with E-state index in [1.807, 2.05) is 30.5 Å². The quantitative estimate of drug-likeness (QED) is 0.413. The highest BCUT2D eigenvalue weighted by Crippen LogP contribution is 2.07. The maximum atomic E-state index is 5.76. The van der Waals surface area contributed by atoms with Crippen LogP contribution in [0.3, 0.4) is 0 Å². The van der Waals surface area contributed by atoms with Crippen LogP contribution in [0.1, 0.15) is 5.56 Å². The van der Waals surface area contributed by atoms with E-state index in [2.05, 4.69) is 11.6 Å². The van der Waals surface area contributed by atoms with Gasteiger partial charge in [0.1, 0.15) is 0 Å². The molecule has 0 aliphatic rings. The second kappa shape index (κ2) is 7.21. The molecular weight excluding hydrogens is 210 g/mol. The molecule has 0 spiro atoms. The van der Waals surface area contributed by atoms with Gasteiger partial charge in [-0.15, -0.1) is 6.58 Å². The number of hydrogen-bond acceptors (Lipinski definition) is 2. The Balaban J connectivity index is 2.25. The van der Waals surface area contributed by atoms with Crippen LogP contribution in [0.4, 0.5) is 0 Å². The predicted octanol–water partition coefficient (Wildman–Crippen LogP) is 2.96. The minimum Gasteiger partial charge on any atom is -0.375 e. The molecule has 0 radical (unpaired) electrons. The first-order valence-electron chi connectivity index (χ1n) is 4.77. The van der Waals surface area contributed by atoms with Gasteiger partial charge in [0, 0.05) is 11.2 Å². The standard InChI is InChI=1S/C12H14ClNO/c1-2-8-15-9-7-14-10-11-3-5-12(13)6-4-11/h2-6,10H,1,7-9H2. The summed E-state index contributed by atoms with van der Waals surface area (Å²) in [7, 11) is 0. The lowest BCUT2D eigenvalue weighted by atomic mass is 10.2. The van der Waals surface area contributed by atoms with Crippen LogP contribution in [0.2, 0.25) is 5.02 Å². The molecule has 3 heteroatoms. The van der Waals surface area contributed by atoms with E-state index in [1.54, 1.807) is 6.08 Å². The zero-order valence-corrected chi connectivity index (χ0v) is 9.28. The Morgan fingerprint density at radius 3 is 2.73 bits per heavy atom. The molecule has 0 saturated carbocycles. The molecule has 0 saturated heterocycles. The van der Waals surface area contributed by atoms with Crippen molar-refractivity contribution in [1.29, 1.82) is 0 Å². The molecule has 0 aliphatic carbocycles. The largest absolute Gasteiger partial charge is 0.375 e. The molecule has 0 unspecified atom stereocenters. The Labute approximate surface area is 95.2 Å². The summed E-state index contributed by atoms with van der Waals surface area (Å²) in [6, 6.07) is 7.54. The van der Waals surface area contributed by atoms with Gasteiger partial charge in [-0.1, -0.05) is 29.8 Å². The van der Waals surface area contributed by atoms with E-state index in [0.717, 1.165) is 10.6 Å². The van der Waals surface area contributed by atoms with Crippen molar-refractivity contribution in [2.75, 3.05) is 19.8 Å². The van der Waals surface area contributed by atoms with E-state index in [0.29, 0.717) is 19.8 Å². The highest BCUT2D eigenvalue weighted by molar-refractivity contribution is 6.30. The van der Waals surface area contributed by atoms with Gasteiger partial charge in [0.2, 0.25) is 0 Å². The average molecular weight is 224 g/mol. The summed E-state index contributed by atoms with van der Waals surface area (Å²) >= 11 is 5.76. The van der Waals surface area contributed by atoms with E-state index in [9.17, 15) is 0 Å². The predicted molar refractivity (Wildman–Crippen MR) is 64.9 cm³/mol. The SMILES string of the molecule is C=CCOCCN=Cc1ccc(Cl)cc1. The summed E-state index contributed by atoms with van der Waals surface area (Å²) in [5.74, 6) is 0. The average Bonchev–Trinajstić information content (AvgIpc) is 2.26. The topological polar surface area (TPSA) is 21.6 Å². The Kier molecular flexibility index (Phi) is 5.74. The van der Waals surface area contributed by atoms with Crippen LogP contribution >= 0.6 is 11.6 Å². The first-order chi connectivity index (χ1) is 7.33. The van der Waals surface area contributed by atoms with Crippen LogP contribution in [0, 0.1) is 0 Å². The fraction of sp³-hybridized carbons (Fsp3) is 0.250. The molecule has 1 aromatic rings. The third-order valence-corrected chi connectivity index (χ3v) is 1.96. The van der Waals surface area contributed by atoms with Gasteiger partial charge in [0.05, 0.1) is 19.8 Å². The summed E-state index contributed by atoms with van der Waals surface area (Å²) in [6.45, 7) is 5.42. The summed E-state index contributed by atoms with van der Waals surface area (Å²) in [5, 5.41) is 0.737. The second-order valence-electron chi connectivity index (χ2n) is 2.95. The number of ether oxygens (including phenoxy) is 1. The van der Waals surface area contributed by atoms with Gasteiger partial charge in [-0.3, -0.25) is 4.99 Å². The molecule has 0 bridgehead atoms. The van der Waals surface area contributed by atoms with Crippen molar-refractivity contribution in [3.63, 3.8) is 0 Å². The van der Waals surface area contributed by atoms with E-state index in [1.165, 1.54) is 0 Å². The molecule has 0 heterocycles. The maximum absolute atomic E-state index is 5.76. The number of halogens is 1. The lowest BCUT2D eigenvalue weighted by Crippen LogP contribution is -1.97. The molecule has 80 valence electrons. The third-order valence-electron chi connectivity index (χ3n) is 1.71. The van der Waals surface area contributed by atoms with Gasteiger partial charge in [-0.05, 0) is 17.7 Å². The molecule has 0 aliphatic heterocycles. The molecule has 0 N–H and O–H groups in total. The van der Waals surface area contributed by atoms with Crippen molar-refractivity contribution in [2.45, 2.75) is 0 Å². The summed E-state index contributed by atoms with van der Waals surface area (Å²) in [5.41, 5.74) is 1.04. The van der Waals surface area contributed by atoms with Crippen molar-refractivity contribution in [2.24, 2.45) is 4.99 Å². The number of benzene rings is 1. The lowest BCUT2D eigenvalue weighted by molar-refractivity contribution is 0.171. The smallest absolute Gasteiger partial charge is 0.0666 e. The van der Waals surface area contributed by atoms with Crippen LogP contribution < -0.4 is 0 Å². The molecular formula is C12H14ClNO. The van der Waals surface area contributed by atoms with Crippen LogP contribution in [-0.4, -0.2) is 26.0 Å². The van der Waals surface area contributed by atoms with Gasteiger partial charge in [0.25, 0.3) is 0 Å². The number of rotatable bonds is 6. The van der Waals surface area contributed by atoms with E-state index in [4.69, 9.17) is 16.3 Å². The Bertz CT molecular complexity index is 319. The van der Waals surface area contributed by atoms with E-state index in [-0.39, 0.29) is 0 Å². The Morgan fingerprint density at radius 2 is 2.07 bits per heavy atom. The summed E-state index contributed by atoms with van der Waals surface area (Å²) in [4.78, 5) is 4.22. The molecule has 0 aromatic heterocycles. The zero-order valence-electron chi connectivity index (χ0n) is 8.53. The first kappa shape index (κ1) is 12.0. The molecule has 1 aromatic carbocycles. The van der Waals surface area contributed by atoms with Gasteiger partial charge < -0.3 is 4.74 Å². The molecule has 1 rings (SSSR count). The van der Waals surface area contributed by atoms with E-state index >= 15 is 0 Å². The van der Waals surface area contributed by atoms with Crippen molar-refractivity contribution in [3.05, 3.63) is 47.5 Å². The van der Waals surface area contributed by atoms with Crippen molar-refractivity contribution in [3.8, 4) is 0 Å². The fourth-order valence-electron chi connectivity index (χ4n) is 1.00. The Morgan fingerprint density at radius 1 is 1.33 bits per heavy atom. The van der Waals surface area contributed by atoms with Gasteiger partial charge in [-0.25, -0.2) is 0 Å². The third kappa shape index (κ3) is 5.35. The Hall–Kier alpha value is -1.12. The molecule has 0 amide bonds. The minimum absolute atomic E-state index is 0.580. The monoisotopic (exact) mass is 223 g/mol. The fourth-order valence-corrected chi connectivity index (χ4v) is 1.13. The van der Waals surface area contributed by atoms with Crippen LogP contribution in [-0.2, 0) is 4.74 Å². The zero-order chi connectivity index (χ0) is 10.9. The normalized spacial score (nSPS) is 10.7. The van der Waals surface area contributed by atoms with Gasteiger partial charge in [0.15, 0.2) is 0 Å². The van der Waals surface area contributed by atoms with Gasteiger partial charge >= 0.3 is 0 Å². The lowest BCUT2D eigenvalue weighted by Gasteiger charge is -1.96. The highest BCUT2D eigenvalue weighted by atomic mass is 35.5. The summed E-state index contributed by atoms with van der Waals surface area (Å²) < 4.78 is 5.19. The highest BCUT2D eigenvalue weighted by Gasteiger charge is 1.88. The van der Waals surface area contributed by atoms with Crippen LogP contribution in [0.25, 0.3) is 0 Å². The maximum Gasteiger partial charge on any atom is 0.0666 e. The molecule has 2 nitrogen and oxygen atoms in total. The number of nitrogens with zero attached hydrogens (tertiary/aromatic N) is 1. The second-order valence-corrected chi connectivity index (χ2v) is 3.39. The van der Waals surface area contributed by atoms with Crippen molar-refractivity contribution < 1.29 is 4.74 Å². The van der Waals surface area contributed by atoms with Crippen LogP contribution in [0.5, 0.6) is 0 Å². The minimum atomic E-state index is 0.580. The van der Waals surface area contributed by atoms with Gasteiger partial charge in [-0.2, -0.15) is 0 Å². The first-order valence-corrected chi connectivity index (χ1v) is 5.15. The molecule has 0 atom stereocenters. The van der Waals surface area contributed by atoms with Crippen molar-refractivity contribution >= 4 is 17.8 Å². The van der Waals surface area contributed by atoms with E-state index < -0.39 is 0 Å². The van der Waals surface area contributed by atoms with Crippen LogP contribution in [0.15, 0.2) is 41.9 Å².